The maximum absolute atomic E-state index is 12.3. The number of fused-ring (bicyclic) bond motifs is 3. The smallest absolute Gasteiger partial charge is 0.288 e. The third-order valence-electron chi connectivity index (χ3n) is 3.48. The number of ketones is 1. The van der Waals surface area contributed by atoms with Crippen LogP contribution in [0.2, 0.25) is 0 Å². The van der Waals surface area contributed by atoms with Gasteiger partial charge in [-0.25, -0.2) is 23.1 Å². The molecular formula is C15H13ClO6. The van der Waals surface area contributed by atoms with E-state index in [1.54, 1.807) is 0 Å². The predicted octanol–water partition coefficient (Wildman–Crippen LogP) is -1.06. The summed E-state index contributed by atoms with van der Waals surface area (Å²) in [6.45, 7) is 5.80. The Balaban J connectivity index is 0.000000309. The van der Waals surface area contributed by atoms with Gasteiger partial charge in [-0.3, -0.25) is 4.79 Å². The largest absolute Gasteiger partial charge is 0.338 e. The molecule has 1 heterocycles. The van der Waals surface area contributed by atoms with Crippen LogP contribution in [0.1, 0.15) is 33.0 Å². The van der Waals surface area contributed by atoms with Crippen molar-refractivity contribution in [2.75, 3.05) is 0 Å². The Morgan fingerprint density at radius 1 is 0.864 bits per heavy atom. The Hall–Kier alpha value is -1.83. The van der Waals surface area contributed by atoms with Crippen molar-refractivity contribution in [2.24, 2.45) is 0 Å². The van der Waals surface area contributed by atoms with Gasteiger partial charge in [0.05, 0.1) is 19.4 Å². The summed E-state index contributed by atoms with van der Waals surface area (Å²) in [6.07, 6.45) is 0. The minimum absolute atomic E-state index is 0.0833. The average Bonchev–Trinajstić information content (AvgIpc) is 2.69. The van der Waals surface area contributed by atoms with Crippen molar-refractivity contribution in [3.05, 3.63) is 52.5 Å². The molecular weight excluding hydrogens is 312 g/mol. The van der Waals surface area contributed by atoms with Crippen molar-refractivity contribution in [1.29, 1.82) is 0 Å². The summed E-state index contributed by atoms with van der Waals surface area (Å²) in [6, 6.07) is 7.75. The lowest BCUT2D eigenvalue weighted by atomic mass is 10.0. The maximum atomic E-state index is 12.3. The van der Waals surface area contributed by atoms with Crippen molar-refractivity contribution in [3.63, 3.8) is 0 Å². The third kappa shape index (κ3) is 3.16. The predicted molar refractivity (Wildman–Crippen MR) is 66.2 cm³/mol. The van der Waals surface area contributed by atoms with E-state index in [2.05, 4.69) is 0 Å². The highest BCUT2D eigenvalue weighted by molar-refractivity contribution is 6.22. The van der Waals surface area contributed by atoms with Crippen LogP contribution < -0.4 is 18.6 Å². The van der Waals surface area contributed by atoms with E-state index in [4.69, 9.17) is 23.1 Å². The number of carbonyl (C=O) groups is 1. The summed E-state index contributed by atoms with van der Waals surface area (Å²) >= 11 is 0. The van der Waals surface area contributed by atoms with Gasteiger partial charge in [0.25, 0.3) is 0 Å². The molecule has 0 N–H and O–H groups in total. The van der Waals surface area contributed by atoms with Crippen LogP contribution in [0.5, 0.6) is 0 Å². The highest BCUT2D eigenvalue weighted by atomic mass is 35.7. The Labute approximate surface area is 129 Å². The van der Waals surface area contributed by atoms with E-state index < -0.39 is 10.2 Å². The topological polar surface area (TPSA) is 121 Å². The van der Waals surface area contributed by atoms with E-state index >= 15 is 0 Å². The molecule has 2 aromatic rings. The van der Waals surface area contributed by atoms with Crippen LogP contribution in [0.4, 0.5) is 0 Å². The highest BCUT2D eigenvalue weighted by Gasteiger charge is 2.36. The fourth-order valence-corrected chi connectivity index (χ4v) is 2.54. The van der Waals surface area contributed by atoms with E-state index in [0.717, 1.165) is 33.6 Å². The fourth-order valence-electron chi connectivity index (χ4n) is 2.54. The van der Waals surface area contributed by atoms with E-state index in [-0.39, 0.29) is 5.78 Å². The van der Waals surface area contributed by atoms with E-state index in [1.165, 1.54) is 0 Å². The Morgan fingerprint density at radius 3 is 1.91 bits per heavy atom. The zero-order valence-electron chi connectivity index (χ0n) is 12.1. The molecule has 0 aliphatic heterocycles. The van der Waals surface area contributed by atoms with Crippen LogP contribution in [0, 0.1) is 31.0 Å². The highest BCUT2D eigenvalue weighted by Crippen LogP contribution is 2.41. The van der Waals surface area contributed by atoms with Gasteiger partial charge in [-0.2, -0.15) is 0 Å². The Morgan fingerprint density at radius 2 is 1.36 bits per heavy atom. The number of hydrogen-bond acceptors (Lipinski definition) is 5. The second-order valence-electron chi connectivity index (χ2n) is 4.84. The summed E-state index contributed by atoms with van der Waals surface area (Å²) in [5.74, 6) is 1.68. The molecule has 1 aliphatic carbocycles. The summed E-state index contributed by atoms with van der Waals surface area (Å²) in [5, 5.41) is 0. The van der Waals surface area contributed by atoms with Crippen molar-refractivity contribution in [3.8, 4) is 11.1 Å². The van der Waals surface area contributed by atoms with Gasteiger partial charge in [0, 0.05) is 11.1 Å². The maximum Gasteiger partial charge on any atom is 0.338 e. The van der Waals surface area contributed by atoms with Crippen LogP contribution in [-0.4, -0.2) is 5.78 Å². The molecule has 0 amide bonds. The number of aryl methyl sites for hydroxylation is 2. The first-order chi connectivity index (χ1) is 10.1. The molecule has 0 atom stereocenters. The summed E-state index contributed by atoms with van der Waals surface area (Å²) in [7, 11) is -4.94. The quantitative estimate of drug-likeness (QED) is 0.486. The molecule has 0 spiro atoms. The van der Waals surface area contributed by atoms with Crippen LogP contribution in [0.15, 0.2) is 28.7 Å². The van der Waals surface area contributed by atoms with Crippen LogP contribution in [-0.2, 0) is 0 Å². The molecule has 1 aromatic carbocycles. The molecule has 0 bridgehead atoms. The molecule has 0 unspecified atom stereocenters. The monoisotopic (exact) mass is 324 g/mol. The molecule has 22 heavy (non-hydrogen) atoms. The van der Waals surface area contributed by atoms with Gasteiger partial charge < -0.3 is 0 Å². The van der Waals surface area contributed by atoms with Crippen LogP contribution in [0.3, 0.4) is 0 Å². The second-order valence-corrected chi connectivity index (χ2v) is 5.60. The van der Waals surface area contributed by atoms with Crippen LogP contribution in [0.25, 0.3) is 11.1 Å². The number of carbonyl (C=O) groups excluding carboxylic acids is 1. The van der Waals surface area contributed by atoms with Crippen molar-refractivity contribution in [2.45, 2.75) is 20.8 Å². The lowest BCUT2D eigenvalue weighted by Crippen LogP contribution is -2.68. The zero-order valence-corrected chi connectivity index (χ0v) is 12.9. The minimum atomic E-state index is -4.94. The third-order valence-corrected chi connectivity index (χ3v) is 3.48. The molecule has 0 saturated heterocycles. The molecule has 1 aromatic heterocycles. The molecule has 0 fully saturated rings. The Bertz CT molecular complexity index is 742. The van der Waals surface area contributed by atoms with Gasteiger partial charge in [-0.15, -0.1) is 10.2 Å². The lowest BCUT2D eigenvalue weighted by molar-refractivity contribution is -2.00. The average molecular weight is 325 g/mol. The molecule has 116 valence electrons. The molecule has 6 nitrogen and oxygen atoms in total. The Kier molecular flexibility index (Phi) is 4.32. The van der Waals surface area contributed by atoms with Gasteiger partial charge in [-0.05, 0) is 12.5 Å². The number of rotatable bonds is 0. The first kappa shape index (κ1) is 16.5. The SMILES string of the molecule is Cc1[o+]c(C)c2c(c1C)-c1ccccc1C2=O.[O-][Cl+3]([O-])([O-])[O-]. The lowest BCUT2D eigenvalue weighted by Gasteiger charge is -2.17. The van der Waals surface area contributed by atoms with E-state index in [0.29, 0.717) is 5.76 Å². The fraction of sp³-hybridized carbons (Fsp3) is 0.200. The second kappa shape index (κ2) is 5.75. The first-order valence-corrected chi connectivity index (χ1v) is 7.54. The van der Waals surface area contributed by atoms with Gasteiger partial charge in [-0.1, -0.05) is 24.3 Å². The standard InChI is InChI=1S/C15H13O2.ClHO4/c1-8-9(2)17-10(3)14-13(8)11-6-4-5-7-12(11)15(14)16;2-1(3,4)5/h4-7H,1-3H3;(H,2,3,4,5)/q+1;/p-1. The van der Waals surface area contributed by atoms with Gasteiger partial charge in [0.15, 0.2) is 0 Å². The van der Waals surface area contributed by atoms with E-state index in [9.17, 15) is 4.79 Å². The summed E-state index contributed by atoms with van der Waals surface area (Å²) in [4.78, 5) is 12.3. The number of halogens is 1. The van der Waals surface area contributed by atoms with Crippen molar-refractivity contribution in [1.82, 2.24) is 0 Å². The normalized spacial score (nSPS) is 12.4. The molecule has 7 heteroatoms. The summed E-state index contributed by atoms with van der Waals surface area (Å²) < 4.78 is 39.6. The minimum Gasteiger partial charge on any atom is -0.288 e. The molecule has 0 radical (unpaired) electrons. The number of benzene rings is 1. The number of hydrogen-bond donors (Lipinski definition) is 0. The zero-order chi connectivity index (χ0) is 16.7. The van der Waals surface area contributed by atoms with Gasteiger partial charge in [0.1, 0.15) is 5.56 Å². The first-order valence-electron chi connectivity index (χ1n) is 6.31. The van der Waals surface area contributed by atoms with Crippen LogP contribution >= 0.6 is 0 Å². The van der Waals surface area contributed by atoms with Crippen molar-refractivity contribution >= 4 is 5.78 Å². The van der Waals surface area contributed by atoms with Gasteiger partial charge >= 0.3 is 11.5 Å². The molecule has 0 saturated carbocycles. The summed E-state index contributed by atoms with van der Waals surface area (Å²) in [5.41, 5.74) is 4.66. The molecule has 1 aliphatic rings. The van der Waals surface area contributed by atoms with E-state index in [1.807, 2.05) is 45.0 Å². The van der Waals surface area contributed by atoms with Gasteiger partial charge in [0.2, 0.25) is 5.78 Å². The van der Waals surface area contributed by atoms with Crippen molar-refractivity contribution < 1.29 is 38.1 Å². The molecule has 3 rings (SSSR count).